The van der Waals surface area contributed by atoms with E-state index < -0.39 is 5.41 Å². The fourth-order valence-electron chi connectivity index (χ4n) is 7.27. The molecule has 0 spiro atoms. The number of hydrogen-bond donors (Lipinski definition) is 2. The molecular formula is C27H42N4O4S. The summed E-state index contributed by atoms with van der Waals surface area (Å²) in [6, 6.07) is 0.320. The molecule has 1 aliphatic heterocycles. The van der Waals surface area contributed by atoms with Crippen molar-refractivity contribution in [2.75, 3.05) is 19.7 Å². The Morgan fingerprint density at radius 1 is 1.19 bits per heavy atom. The number of nitrogens with zero attached hydrogens (tertiary/aromatic N) is 2. The molecule has 5 aliphatic rings. The van der Waals surface area contributed by atoms with Gasteiger partial charge >= 0.3 is 0 Å². The van der Waals surface area contributed by atoms with Gasteiger partial charge < -0.3 is 25.2 Å². The van der Waals surface area contributed by atoms with Crippen LogP contribution in [0.1, 0.15) is 83.2 Å². The molecule has 1 saturated heterocycles. The average Bonchev–Trinajstić information content (AvgIpc) is 3.45. The Hall–Kier alpha value is -1.74. The van der Waals surface area contributed by atoms with Crippen LogP contribution in [0.25, 0.3) is 0 Å². The highest BCUT2D eigenvalue weighted by atomic mass is 32.2. The van der Waals surface area contributed by atoms with Gasteiger partial charge in [0.15, 0.2) is 0 Å². The lowest BCUT2D eigenvalue weighted by Gasteiger charge is -2.54. The van der Waals surface area contributed by atoms with Crippen LogP contribution in [-0.4, -0.2) is 58.9 Å². The van der Waals surface area contributed by atoms with E-state index in [1.165, 1.54) is 43.9 Å². The number of nitrogens with one attached hydrogen (secondary N) is 1. The quantitative estimate of drug-likeness (QED) is 0.474. The summed E-state index contributed by atoms with van der Waals surface area (Å²) >= 11 is 1.51. The molecule has 9 heteroatoms. The molecule has 1 aromatic heterocycles. The highest BCUT2D eigenvalue weighted by Gasteiger charge is 2.49. The van der Waals surface area contributed by atoms with Crippen molar-refractivity contribution in [3.8, 4) is 5.88 Å². The molecule has 6 rings (SSSR count). The van der Waals surface area contributed by atoms with Crippen LogP contribution < -0.4 is 15.8 Å². The van der Waals surface area contributed by atoms with Crippen molar-refractivity contribution in [2.45, 2.75) is 94.9 Å². The fourth-order valence-corrected chi connectivity index (χ4v) is 8.17. The van der Waals surface area contributed by atoms with E-state index in [0.29, 0.717) is 29.2 Å². The van der Waals surface area contributed by atoms with Crippen LogP contribution >= 0.6 is 11.8 Å². The van der Waals surface area contributed by atoms with Crippen molar-refractivity contribution < 1.29 is 18.8 Å². The molecule has 0 radical (unpaired) electrons. The third kappa shape index (κ3) is 5.02. The fraction of sp³-hybridized carbons (Fsp3) is 0.815. The summed E-state index contributed by atoms with van der Waals surface area (Å²) in [5, 5.41) is 7.68. The van der Waals surface area contributed by atoms with Crippen molar-refractivity contribution >= 4 is 23.6 Å². The molecule has 2 heterocycles. The molecule has 4 bridgehead atoms. The summed E-state index contributed by atoms with van der Waals surface area (Å²) in [6.07, 6.45) is 8.26. The van der Waals surface area contributed by atoms with E-state index in [1.807, 2.05) is 18.7 Å². The predicted molar refractivity (Wildman–Crippen MR) is 139 cm³/mol. The van der Waals surface area contributed by atoms with Crippen molar-refractivity contribution in [3.63, 3.8) is 0 Å². The summed E-state index contributed by atoms with van der Waals surface area (Å²) < 4.78 is 11.7. The monoisotopic (exact) mass is 518 g/mol. The first-order valence-electron chi connectivity index (χ1n) is 13.8. The number of carbonyl (C=O) groups is 2. The third-order valence-corrected chi connectivity index (χ3v) is 9.83. The van der Waals surface area contributed by atoms with Crippen molar-refractivity contribution in [1.29, 1.82) is 0 Å². The number of carbonyl (C=O) groups excluding carboxylic acids is 2. The van der Waals surface area contributed by atoms with Crippen molar-refractivity contribution in [3.05, 3.63) is 5.76 Å². The topological polar surface area (TPSA) is 111 Å². The molecule has 4 aliphatic carbocycles. The van der Waals surface area contributed by atoms with Gasteiger partial charge in [-0.3, -0.25) is 9.59 Å². The molecule has 2 amide bonds. The molecule has 3 N–H and O–H groups in total. The van der Waals surface area contributed by atoms with Crippen LogP contribution in [-0.2, 0) is 4.79 Å². The van der Waals surface area contributed by atoms with Gasteiger partial charge in [-0.15, -0.1) is 11.8 Å². The Bertz CT molecular complexity index is 949. The molecule has 5 fully saturated rings. The highest BCUT2D eigenvalue weighted by Crippen LogP contribution is 2.53. The molecule has 1 aromatic rings. The highest BCUT2D eigenvalue weighted by molar-refractivity contribution is 8.00. The van der Waals surface area contributed by atoms with E-state index in [9.17, 15) is 9.59 Å². The number of rotatable bonds is 9. The van der Waals surface area contributed by atoms with Crippen LogP contribution in [0.15, 0.2) is 9.42 Å². The van der Waals surface area contributed by atoms with Gasteiger partial charge in [0.25, 0.3) is 11.8 Å². The molecule has 8 nitrogen and oxygen atoms in total. The first-order valence-corrected chi connectivity index (χ1v) is 14.6. The SMILES string of the molecule is CC(C)Sc1c(OCC(C)(C)C(=O)N2CCC[C@@H]2CN)noc1C(=O)NC1C2CC3CC(C2)CC1C3. The van der Waals surface area contributed by atoms with E-state index in [2.05, 4.69) is 24.3 Å². The average molecular weight is 519 g/mol. The Morgan fingerprint density at radius 3 is 2.47 bits per heavy atom. The normalized spacial score (nSPS) is 31.3. The van der Waals surface area contributed by atoms with Crippen molar-refractivity contribution in [1.82, 2.24) is 15.4 Å². The Balaban J connectivity index is 1.27. The summed E-state index contributed by atoms with van der Waals surface area (Å²) in [6.45, 7) is 9.26. The molecule has 4 saturated carbocycles. The lowest BCUT2D eigenvalue weighted by molar-refractivity contribution is -0.142. The number of nitrogens with two attached hydrogens (primary N) is 1. The van der Waals surface area contributed by atoms with Gasteiger partial charge in [-0.05, 0) is 87.6 Å². The first-order chi connectivity index (χ1) is 17.2. The summed E-state index contributed by atoms with van der Waals surface area (Å²) in [7, 11) is 0. The van der Waals surface area contributed by atoms with Crippen LogP contribution in [0.3, 0.4) is 0 Å². The van der Waals surface area contributed by atoms with Gasteiger partial charge in [0.05, 0.1) is 5.41 Å². The minimum atomic E-state index is -0.751. The number of amides is 2. The number of hydrogen-bond acceptors (Lipinski definition) is 7. The summed E-state index contributed by atoms with van der Waals surface area (Å²) in [5.41, 5.74) is 5.13. The van der Waals surface area contributed by atoms with E-state index in [4.69, 9.17) is 15.0 Å². The van der Waals surface area contributed by atoms with E-state index in [1.54, 1.807) is 0 Å². The Kier molecular flexibility index (Phi) is 7.33. The second-order valence-corrected chi connectivity index (χ2v) is 14.0. The lowest BCUT2D eigenvalue weighted by Crippen LogP contribution is -2.55. The first kappa shape index (κ1) is 25.9. The van der Waals surface area contributed by atoms with Crippen LogP contribution in [0.2, 0.25) is 0 Å². The lowest BCUT2D eigenvalue weighted by atomic mass is 9.54. The zero-order chi connectivity index (χ0) is 25.6. The van der Waals surface area contributed by atoms with Crippen LogP contribution in [0.5, 0.6) is 5.88 Å². The van der Waals surface area contributed by atoms with Gasteiger partial charge in [-0.1, -0.05) is 13.8 Å². The van der Waals surface area contributed by atoms with Gasteiger partial charge in [-0.25, -0.2) is 0 Å². The predicted octanol–water partition coefficient (Wildman–Crippen LogP) is 4.08. The van der Waals surface area contributed by atoms with E-state index in [-0.39, 0.29) is 41.5 Å². The number of likely N-dealkylation sites (tertiary alicyclic amines) is 1. The smallest absolute Gasteiger partial charge is 0.291 e. The molecule has 1 atom stereocenters. The summed E-state index contributed by atoms with van der Waals surface area (Å²) in [4.78, 5) is 29.2. The van der Waals surface area contributed by atoms with E-state index >= 15 is 0 Å². The minimum Gasteiger partial charge on any atom is -0.474 e. The third-order valence-electron chi connectivity index (χ3n) is 8.76. The zero-order valence-electron chi connectivity index (χ0n) is 22.1. The maximum Gasteiger partial charge on any atom is 0.291 e. The van der Waals surface area contributed by atoms with Crippen molar-refractivity contribution in [2.24, 2.45) is 34.8 Å². The van der Waals surface area contributed by atoms with Gasteiger partial charge in [0.2, 0.25) is 11.7 Å². The minimum absolute atomic E-state index is 0.0388. The molecule has 0 aromatic carbocycles. The Labute approximate surface area is 218 Å². The van der Waals surface area contributed by atoms with E-state index in [0.717, 1.165) is 31.2 Å². The van der Waals surface area contributed by atoms with Crippen LogP contribution in [0, 0.1) is 29.1 Å². The van der Waals surface area contributed by atoms with Gasteiger partial charge in [0, 0.05) is 30.4 Å². The summed E-state index contributed by atoms with van der Waals surface area (Å²) in [5.74, 6) is 3.23. The number of ether oxygens (including phenoxy) is 1. The second-order valence-electron chi connectivity index (χ2n) is 12.4. The maximum atomic E-state index is 13.4. The van der Waals surface area contributed by atoms with Crippen LogP contribution in [0.4, 0.5) is 0 Å². The molecular weight excluding hydrogens is 476 g/mol. The standard InChI is InChI=1S/C27H42N4O4S/c1-15(2)36-23-22(24(32)29-21-18-9-16-8-17(11-18)12-19(21)10-16)35-30-25(23)34-14-27(3,4)26(33)31-7-5-6-20(31)13-28/h15-21H,5-14,28H2,1-4H3,(H,29,32)/t16?,17?,18?,19?,20-,21?/m1/s1. The number of aromatic nitrogens is 1. The largest absolute Gasteiger partial charge is 0.474 e. The zero-order valence-corrected chi connectivity index (χ0v) is 22.9. The maximum absolute atomic E-state index is 13.4. The molecule has 0 unspecified atom stereocenters. The van der Waals surface area contributed by atoms with Gasteiger partial charge in [-0.2, -0.15) is 0 Å². The molecule has 36 heavy (non-hydrogen) atoms. The van der Waals surface area contributed by atoms with Gasteiger partial charge in [0.1, 0.15) is 11.5 Å². The Morgan fingerprint density at radius 2 is 1.86 bits per heavy atom. The molecule has 200 valence electrons. The second kappa shape index (κ2) is 10.2. The number of thioether (sulfide) groups is 1.